The average molecular weight is 527 g/mol. The fraction of sp³-hybridized carbons (Fsp3) is 0.333. The van der Waals surface area contributed by atoms with Crippen LogP contribution in [-0.2, 0) is 24.3 Å². The number of amides is 1. The predicted octanol–water partition coefficient (Wildman–Crippen LogP) is 3.41. The van der Waals surface area contributed by atoms with Crippen LogP contribution in [0.2, 0.25) is 0 Å². The van der Waals surface area contributed by atoms with Crippen LogP contribution in [0.15, 0.2) is 39.7 Å². The number of sulfonamides is 1. The molecule has 1 saturated heterocycles. The van der Waals surface area contributed by atoms with Crippen molar-refractivity contribution in [2.45, 2.75) is 30.3 Å². The van der Waals surface area contributed by atoms with Crippen molar-refractivity contribution in [1.29, 1.82) is 0 Å². The van der Waals surface area contributed by atoms with E-state index in [1.54, 1.807) is 6.07 Å². The third-order valence-electron chi connectivity index (χ3n) is 5.65. The molecule has 1 N–H and O–H groups in total. The van der Waals surface area contributed by atoms with Crippen LogP contribution in [0.5, 0.6) is 0 Å². The van der Waals surface area contributed by atoms with Gasteiger partial charge in [-0.2, -0.15) is 0 Å². The summed E-state index contributed by atoms with van der Waals surface area (Å²) >= 11 is 3.06. The number of halogens is 2. The van der Waals surface area contributed by atoms with Crippen molar-refractivity contribution in [2.24, 2.45) is 0 Å². The highest BCUT2D eigenvalue weighted by Gasteiger charge is 2.42. The van der Waals surface area contributed by atoms with Gasteiger partial charge in [0.2, 0.25) is 5.91 Å². The minimum Gasteiger partial charge on any atom is -0.465 e. The summed E-state index contributed by atoms with van der Waals surface area (Å²) in [6.07, 6.45) is 0.520. The van der Waals surface area contributed by atoms with E-state index in [4.69, 9.17) is 9.47 Å². The molecule has 0 spiro atoms. The van der Waals surface area contributed by atoms with Gasteiger partial charge in [-0.1, -0.05) is 6.07 Å². The first-order valence-corrected chi connectivity index (χ1v) is 12.0. The molecule has 0 aliphatic carbocycles. The largest absolute Gasteiger partial charge is 0.465 e. The quantitative estimate of drug-likeness (QED) is 0.612. The zero-order valence-corrected chi connectivity index (χ0v) is 19.6. The Kier molecular flexibility index (Phi) is 5.99. The molecule has 2 heterocycles. The van der Waals surface area contributed by atoms with Gasteiger partial charge in [0.1, 0.15) is 16.3 Å². The minimum atomic E-state index is -4.21. The van der Waals surface area contributed by atoms with E-state index in [9.17, 15) is 22.4 Å². The first-order valence-electron chi connectivity index (χ1n) is 9.77. The Morgan fingerprint density at radius 3 is 2.69 bits per heavy atom. The van der Waals surface area contributed by atoms with Gasteiger partial charge >= 0.3 is 5.97 Å². The number of nitrogens with zero attached hydrogens (tertiary/aromatic N) is 1. The molecule has 0 radical (unpaired) electrons. The lowest BCUT2D eigenvalue weighted by molar-refractivity contribution is -0.117. The lowest BCUT2D eigenvalue weighted by atomic mass is 9.85. The molecule has 1 fully saturated rings. The number of hydrogen-bond acceptors (Lipinski definition) is 6. The molecule has 0 saturated carbocycles. The average Bonchev–Trinajstić information content (AvgIpc) is 3.20. The Bertz CT molecular complexity index is 1220. The Hall–Kier alpha value is -2.50. The highest BCUT2D eigenvalue weighted by atomic mass is 79.9. The van der Waals surface area contributed by atoms with Gasteiger partial charge in [0, 0.05) is 23.9 Å². The van der Waals surface area contributed by atoms with Gasteiger partial charge in [0.25, 0.3) is 10.0 Å². The number of benzene rings is 2. The van der Waals surface area contributed by atoms with Gasteiger partial charge in [-0.3, -0.25) is 9.52 Å². The lowest BCUT2D eigenvalue weighted by Crippen LogP contribution is -2.43. The van der Waals surface area contributed by atoms with E-state index in [-0.39, 0.29) is 45.1 Å². The summed E-state index contributed by atoms with van der Waals surface area (Å²) < 4.78 is 52.7. The summed E-state index contributed by atoms with van der Waals surface area (Å²) in [6, 6.07) is 6.33. The number of nitrogens with one attached hydrogen (secondary N) is 1. The molecule has 2 aliphatic heterocycles. The van der Waals surface area contributed by atoms with E-state index >= 15 is 0 Å². The molecule has 0 bridgehead atoms. The third kappa shape index (κ3) is 3.89. The third-order valence-corrected chi connectivity index (χ3v) is 7.99. The van der Waals surface area contributed by atoms with Crippen LogP contribution in [-0.4, -0.2) is 46.7 Å². The van der Waals surface area contributed by atoms with E-state index < -0.39 is 21.8 Å². The van der Waals surface area contributed by atoms with Gasteiger partial charge in [-0.25, -0.2) is 17.6 Å². The van der Waals surface area contributed by atoms with Crippen LogP contribution >= 0.6 is 15.9 Å². The van der Waals surface area contributed by atoms with Crippen molar-refractivity contribution in [1.82, 2.24) is 0 Å². The van der Waals surface area contributed by atoms with Crippen molar-refractivity contribution >= 4 is 49.2 Å². The number of rotatable bonds is 4. The second kappa shape index (κ2) is 8.45. The number of anilines is 2. The summed E-state index contributed by atoms with van der Waals surface area (Å²) in [7, 11) is -3.03. The van der Waals surface area contributed by atoms with Crippen LogP contribution in [0.4, 0.5) is 15.8 Å². The van der Waals surface area contributed by atoms with Crippen LogP contribution in [0, 0.1) is 5.82 Å². The van der Waals surface area contributed by atoms with Crippen molar-refractivity contribution in [3.05, 3.63) is 51.7 Å². The summed E-state index contributed by atoms with van der Waals surface area (Å²) in [5, 5.41) is 0. The number of methoxy groups -OCH3 is 1. The Morgan fingerprint density at radius 2 is 2.03 bits per heavy atom. The zero-order valence-electron chi connectivity index (χ0n) is 17.2. The van der Waals surface area contributed by atoms with Gasteiger partial charge < -0.3 is 14.4 Å². The summed E-state index contributed by atoms with van der Waals surface area (Å²) in [4.78, 5) is 26.5. The molecule has 0 aromatic heterocycles. The fourth-order valence-electron chi connectivity index (χ4n) is 4.23. The smallest absolute Gasteiger partial charge is 0.342 e. The monoisotopic (exact) mass is 526 g/mol. The number of carbonyl (C=O) groups excluding carboxylic acids is 2. The Labute approximate surface area is 192 Å². The molecule has 2 aromatic rings. The molecule has 2 atom stereocenters. The molecule has 170 valence electrons. The van der Waals surface area contributed by atoms with E-state index in [1.165, 1.54) is 25.0 Å². The van der Waals surface area contributed by atoms with Gasteiger partial charge in [0.05, 0.1) is 31.1 Å². The van der Waals surface area contributed by atoms with E-state index in [1.807, 2.05) is 0 Å². The van der Waals surface area contributed by atoms with E-state index in [0.29, 0.717) is 12.3 Å². The SMILES string of the molecule is COC(=O)c1c(NS(=O)(=O)c2ccc(F)cc2Br)ccc2c1N(C(C)=O)CC1OCCC21. The van der Waals surface area contributed by atoms with E-state index in [2.05, 4.69) is 20.7 Å². The minimum absolute atomic E-state index is 0.0267. The number of carbonyl (C=O) groups is 2. The second-order valence-corrected chi connectivity index (χ2v) is 10.0. The number of hydrogen-bond donors (Lipinski definition) is 1. The Morgan fingerprint density at radius 1 is 1.28 bits per heavy atom. The number of esters is 1. The molecule has 4 rings (SSSR count). The normalized spacial score (nSPS) is 19.8. The lowest BCUT2D eigenvalue weighted by Gasteiger charge is -2.37. The van der Waals surface area contributed by atoms with Gasteiger partial charge in [0.15, 0.2) is 0 Å². The van der Waals surface area contributed by atoms with Crippen molar-refractivity contribution in [3.8, 4) is 0 Å². The molecular formula is C21H20BrFN2O6S. The molecule has 2 aromatic carbocycles. The van der Waals surface area contributed by atoms with E-state index in [0.717, 1.165) is 30.2 Å². The highest BCUT2D eigenvalue weighted by Crippen LogP contribution is 2.46. The fourth-order valence-corrected chi connectivity index (χ4v) is 6.35. The van der Waals surface area contributed by atoms with Crippen LogP contribution in [0.25, 0.3) is 0 Å². The molecule has 2 aliphatic rings. The first kappa shape index (κ1) is 22.7. The standard InChI is InChI=1S/C21H20BrFN2O6S/c1-11(26)25-10-17-13(7-8-31-17)14-4-5-16(19(20(14)25)21(27)30-2)24-32(28,29)18-6-3-12(23)9-15(18)22/h3-6,9,13,17,24H,7-8,10H2,1-2H3. The first-order chi connectivity index (χ1) is 15.1. The van der Waals surface area contributed by atoms with Gasteiger partial charge in [-0.15, -0.1) is 0 Å². The maximum atomic E-state index is 13.4. The van der Waals surface area contributed by atoms with Crippen LogP contribution in [0.1, 0.15) is 35.2 Å². The Balaban J connectivity index is 1.88. The second-order valence-electron chi connectivity index (χ2n) is 7.53. The van der Waals surface area contributed by atoms with Gasteiger partial charge in [-0.05, 0) is 52.2 Å². The number of ether oxygens (including phenoxy) is 2. The van der Waals surface area contributed by atoms with Crippen LogP contribution < -0.4 is 9.62 Å². The summed E-state index contributed by atoms with van der Waals surface area (Å²) in [5.74, 6) is -1.74. The molecule has 1 amide bonds. The molecule has 2 unspecified atom stereocenters. The molecule has 8 nitrogen and oxygen atoms in total. The maximum Gasteiger partial charge on any atom is 0.342 e. The summed E-state index contributed by atoms with van der Waals surface area (Å²) in [5.41, 5.74) is 0.928. The van der Waals surface area contributed by atoms with Crippen molar-refractivity contribution in [3.63, 3.8) is 0 Å². The summed E-state index contributed by atoms with van der Waals surface area (Å²) in [6.45, 7) is 2.14. The molecule has 11 heteroatoms. The highest BCUT2D eigenvalue weighted by molar-refractivity contribution is 9.10. The predicted molar refractivity (Wildman–Crippen MR) is 118 cm³/mol. The molecule has 32 heavy (non-hydrogen) atoms. The van der Waals surface area contributed by atoms with Crippen molar-refractivity contribution in [2.75, 3.05) is 29.9 Å². The van der Waals surface area contributed by atoms with Crippen LogP contribution in [0.3, 0.4) is 0 Å². The topological polar surface area (TPSA) is 102 Å². The maximum absolute atomic E-state index is 13.4. The zero-order chi connectivity index (χ0) is 23.2. The molecular weight excluding hydrogens is 507 g/mol. The van der Waals surface area contributed by atoms with Crippen molar-refractivity contribution < 1.29 is 31.9 Å². The number of fused-ring (bicyclic) bond motifs is 3.